The van der Waals surface area contributed by atoms with E-state index in [-0.39, 0.29) is 0 Å². The number of benzene rings is 11. The van der Waals surface area contributed by atoms with Crippen molar-refractivity contribution in [3.05, 3.63) is 249 Å². The van der Waals surface area contributed by atoms with Crippen LogP contribution in [0.5, 0.6) is 0 Å². The molecule has 0 fully saturated rings. The predicted octanol–water partition coefficient (Wildman–Crippen LogP) is 17.4. The second-order valence-electron chi connectivity index (χ2n) is 17.5. The molecule has 0 radical (unpaired) electrons. The summed E-state index contributed by atoms with van der Waals surface area (Å²) in [5, 5.41) is 7.06. The second-order valence-corrected chi connectivity index (χ2v) is 17.5. The predicted molar refractivity (Wildman–Crippen MR) is 286 cm³/mol. The van der Waals surface area contributed by atoms with E-state index in [0.29, 0.717) is 17.5 Å². The third kappa shape index (κ3) is 7.23. The number of rotatable bonds is 8. The highest BCUT2D eigenvalue weighted by Gasteiger charge is 2.19. The van der Waals surface area contributed by atoms with E-state index < -0.39 is 0 Å². The van der Waals surface area contributed by atoms with Gasteiger partial charge in [-0.15, -0.1) is 0 Å². The van der Waals surface area contributed by atoms with Crippen molar-refractivity contribution in [2.45, 2.75) is 0 Å². The molecule has 0 aliphatic carbocycles. The average molecular weight is 880 g/mol. The normalized spacial score (nSPS) is 11.5. The molecule has 0 aliphatic rings. The fourth-order valence-electron chi connectivity index (χ4n) is 10.0. The van der Waals surface area contributed by atoms with Gasteiger partial charge in [0, 0.05) is 27.5 Å². The third-order valence-electron chi connectivity index (χ3n) is 13.4. The van der Waals surface area contributed by atoms with Crippen LogP contribution < -0.4 is 0 Å². The van der Waals surface area contributed by atoms with Crippen molar-refractivity contribution in [2.75, 3.05) is 0 Å². The van der Waals surface area contributed by atoms with Crippen LogP contribution in [-0.2, 0) is 0 Å². The lowest BCUT2D eigenvalue weighted by atomic mass is 9.88. The Morgan fingerprint density at radius 3 is 1.32 bits per heavy atom. The van der Waals surface area contributed by atoms with Crippen LogP contribution in [0.3, 0.4) is 0 Å². The van der Waals surface area contributed by atoms with E-state index in [9.17, 15) is 0 Å². The molecule has 322 valence electrons. The third-order valence-corrected chi connectivity index (χ3v) is 13.4. The largest absolute Gasteiger partial charge is 0.456 e. The molecular formula is C65H41N3O. The van der Waals surface area contributed by atoms with Gasteiger partial charge in [0.05, 0.1) is 0 Å². The van der Waals surface area contributed by atoms with E-state index in [1.54, 1.807) is 0 Å². The van der Waals surface area contributed by atoms with Crippen molar-refractivity contribution in [1.82, 2.24) is 15.0 Å². The van der Waals surface area contributed by atoms with Crippen LogP contribution in [0.2, 0.25) is 0 Å². The van der Waals surface area contributed by atoms with E-state index >= 15 is 0 Å². The summed E-state index contributed by atoms with van der Waals surface area (Å²) in [5.74, 6) is 1.86. The van der Waals surface area contributed by atoms with Crippen LogP contribution in [0.25, 0.3) is 133 Å². The summed E-state index contributed by atoms with van der Waals surface area (Å²) in [7, 11) is 0. The minimum absolute atomic E-state index is 0.613. The van der Waals surface area contributed by atoms with Crippen molar-refractivity contribution >= 4 is 43.5 Å². The van der Waals surface area contributed by atoms with Gasteiger partial charge in [0.2, 0.25) is 0 Å². The zero-order valence-corrected chi connectivity index (χ0v) is 37.4. The molecule has 0 spiro atoms. The Kier molecular flexibility index (Phi) is 9.80. The molecule has 0 amide bonds. The zero-order valence-electron chi connectivity index (χ0n) is 37.4. The number of aromatic nitrogens is 3. The molecule has 13 rings (SSSR count). The van der Waals surface area contributed by atoms with E-state index in [1.807, 2.05) is 30.3 Å². The Morgan fingerprint density at radius 2 is 0.638 bits per heavy atom. The molecule has 0 bridgehead atoms. The lowest BCUT2D eigenvalue weighted by molar-refractivity contribution is 0.669. The van der Waals surface area contributed by atoms with Gasteiger partial charge in [-0.1, -0.05) is 224 Å². The fourth-order valence-corrected chi connectivity index (χ4v) is 10.0. The van der Waals surface area contributed by atoms with Gasteiger partial charge >= 0.3 is 0 Å². The molecule has 0 aliphatic heterocycles. The first-order valence-electron chi connectivity index (χ1n) is 23.3. The number of furan rings is 1. The fraction of sp³-hybridized carbons (Fsp3) is 0. The lowest BCUT2D eigenvalue weighted by Crippen LogP contribution is -2.01. The van der Waals surface area contributed by atoms with Crippen LogP contribution in [0.4, 0.5) is 0 Å². The van der Waals surface area contributed by atoms with Crippen LogP contribution in [0.15, 0.2) is 253 Å². The van der Waals surface area contributed by atoms with Crippen molar-refractivity contribution in [3.8, 4) is 89.8 Å². The SMILES string of the molecule is c1ccc(-c2cccc(-c3nc(-c4ccc(-c5ccc(-c6ccc(-c7ccc8c(c7)oc7ccccc78)c7ccccc67)c6ccccc56)cc4)nc(-c4ccccc4-c4ccccc4)n3)c2)cc1. The molecule has 0 N–H and O–H groups in total. The number of para-hydroxylation sites is 1. The number of hydrogen-bond acceptors (Lipinski definition) is 4. The molecule has 69 heavy (non-hydrogen) atoms. The molecular weight excluding hydrogens is 839 g/mol. The summed E-state index contributed by atoms with van der Waals surface area (Å²) in [5.41, 5.74) is 16.0. The Labute approximate surface area is 399 Å². The van der Waals surface area contributed by atoms with Gasteiger partial charge in [-0.25, -0.2) is 15.0 Å². The monoisotopic (exact) mass is 879 g/mol. The summed E-state index contributed by atoms with van der Waals surface area (Å²) in [4.78, 5) is 15.6. The molecule has 2 aromatic heterocycles. The maximum Gasteiger partial charge on any atom is 0.164 e. The molecule has 13 aromatic rings. The highest BCUT2D eigenvalue weighted by Crippen LogP contribution is 2.42. The Hall–Kier alpha value is -9.25. The first-order chi connectivity index (χ1) is 34.2. The quantitative estimate of drug-likeness (QED) is 0.153. The smallest absolute Gasteiger partial charge is 0.164 e. The minimum Gasteiger partial charge on any atom is -0.456 e. The van der Waals surface area contributed by atoms with Crippen LogP contribution >= 0.6 is 0 Å². The van der Waals surface area contributed by atoms with Crippen LogP contribution in [-0.4, -0.2) is 15.0 Å². The summed E-state index contributed by atoms with van der Waals surface area (Å²) in [6, 6.07) is 87.7. The summed E-state index contributed by atoms with van der Waals surface area (Å²) >= 11 is 0. The van der Waals surface area contributed by atoms with Crippen molar-refractivity contribution in [2.24, 2.45) is 0 Å². The number of hydrogen-bond donors (Lipinski definition) is 0. The van der Waals surface area contributed by atoms with E-state index in [4.69, 9.17) is 19.4 Å². The first kappa shape index (κ1) is 40.1. The topological polar surface area (TPSA) is 51.8 Å². The van der Waals surface area contributed by atoms with Gasteiger partial charge in [-0.2, -0.15) is 0 Å². The first-order valence-corrected chi connectivity index (χ1v) is 23.3. The van der Waals surface area contributed by atoms with Gasteiger partial charge in [0.25, 0.3) is 0 Å². The highest BCUT2D eigenvalue weighted by molar-refractivity contribution is 6.13. The summed E-state index contributed by atoms with van der Waals surface area (Å²) in [6.45, 7) is 0. The van der Waals surface area contributed by atoms with Gasteiger partial charge in [0.1, 0.15) is 11.2 Å². The standard InChI is InChI=1S/C65H41N3O/c1-3-16-42(17-4-1)46-20-15-21-48(40-46)64-66-63(67-65(68-64)60-28-12-7-22-49(60)43-18-5-2-6-19-43)45-32-30-44(31-33-45)50-36-38-56(54-25-10-8-23-52(50)54)57-39-37-51(53-24-9-11-26-55(53)57)47-34-35-59-58-27-13-14-29-61(58)69-62(59)41-47/h1-41H. The number of fused-ring (bicyclic) bond motifs is 5. The molecule has 11 aromatic carbocycles. The van der Waals surface area contributed by atoms with Gasteiger partial charge in [0.15, 0.2) is 17.5 Å². The lowest BCUT2D eigenvalue weighted by Gasteiger charge is -2.16. The zero-order chi connectivity index (χ0) is 45.7. The molecule has 0 unspecified atom stereocenters. The molecule has 2 heterocycles. The van der Waals surface area contributed by atoms with E-state index in [0.717, 1.165) is 77.6 Å². The van der Waals surface area contributed by atoms with Crippen molar-refractivity contribution < 1.29 is 4.42 Å². The number of nitrogens with zero attached hydrogens (tertiary/aromatic N) is 3. The maximum atomic E-state index is 6.31. The molecule has 4 heteroatoms. The molecule has 0 saturated heterocycles. The minimum atomic E-state index is 0.613. The van der Waals surface area contributed by atoms with Gasteiger partial charge < -0.3 is 4.42 Å². The van der Waals surface area contributed by atoms with Crippen molar-refractivity contribution in [3.63, 3.8) is 0 Å². The average Bonchev–Trinajstić information content (AvgIpc) is 3.81. The summed E-state index contributed by atoms with van der Waals surface area (Å²) in [6.07, 6.45) is 0. The molecule has 4 nitrogen and oxygen atoms in total. The second kappa shape index (κ2) is 16.9. The highest BCUT2D eigenvalue weighted by atomic mass is 16.3. The van der Waals surface area contributed by atoms with Crippen LogP contribution in [0, 0.1) is 0 Å². The van der Waals surface area contributed by atoms with E-state index in [1.165, 1.54) is 38.2 Å². The Morgan fingerprint density at radius 1 is 0.203 bits per heavy atom. The maximum absolute atomic E-state index is 6.31. The van der Waals surface area contributed by atoms with Gasteiger partial charge in [-0.3, -0.25) is 0 Å². The van der Waals surface area contributed by atoms with E-state index in [2.05, 4.69) is 218 Å². The van der Waals surface area contributed by atoms with Crippen LogP contribution in [0.1, 0.15) is 0 Å². The van der Waals surface area contributed by atoms with Gasteiger partial charge in [-0.05, 0) is 101 Å². The Balaban J connectivity index is 0.888. The van der Waals surface area contributed by atoms with Crippen molar-refractivity contribution in [1.29, 1.82) is 0 Å². The molecule has 0 saturated carbocycles. The molecule has 0 atom stereocenters. The summed E-state index contributed by atoms with van der Waals surface area (Å²) < 4.78 is 6.31. The Bertz CT molecular complexity index is 4060.